The van der Waals surface area contributed by atoms with Crippen molar-refractivity contribution >= 4 is 17.2 Å². The molecule has 2 heterocycles. The van der Waals surface area contributed by atoms with Gasteiger partial charge in [0, 0.05) is 48.9 Å². The van der Waals surface area contributed by atoms with E-state index in [0.717, 1.165) is 54.2 Å². The van der Waals surface area contributed by atoms with Gasteiger partial charge in [0.05, 0.1) is 0 Å². The highest BCUT2D eigenvalue weighted by molar-refractivity contribution is 7.09. The lowest BCUT2D eigenvalue weighted by Gasteiger charge is -2.40. The molecule has 0 atom stereocenters. The van der Waals surface area contributed by atoms with E-state index >= 15 is 0 Å². The number of ether oxygens (including phenoxy) is 1. The van der Waals surface area contributed by atoms with Crippen molar-refractivity contribution in [1.29, 1.82) is 0 Å². The Morgan fingerprint density at radius 3 is 2.46 bits per heavy atom. The number of rotatable bonds is 5. The van der Waals surface area contributed by atoms with Gasteiger partial charge in [-0.15, -0.1) is 11.3 Å². The number of aromatic nitrogens is 1. The van der Waals surface area contributed by atoms with E-state index in [9.17, 15) is 4.79 Å². The minimum absolute atomic E-state index is 0.130. The molecule has 1 aromatic heterocycles. The number of amides is 1. The average Bonchev–Trinajstić information content (AvgIpc) is 3.18. The maximum Gasteiger partial charge on any atom is 0.253 e. The number of benzene rings is 1. The molecule has 2 aromatic rings. The lowest BCUT2D eigenvalue weighted by Crippen LogP contribution is -2.52. The first-order chi connectivity index (χ1) is 13.7. The van der Waals surface area contributed by atoms with Crippen LogP contribution in [0.2, 0.25) is 0 Å². The molecule has 0 radical (unpaired) electrons. The monoisotopic (exact) mass is 399 g/mol. The second-order valence-electron chi connectivity index (χ2n) is 7.82. The predicted octanol–water partition coefficient (Wildman–Crippen LogP) is 4.12. The van der Waals surface area contributed by atoms with Crippen LogP contribution in [-0.2, 0) is 6.61 Å². The average molecular weight is 400 g/mol. The summed E-state index contributed by atoms with van der Waals surface area (Å²) < 4.78 is 5.78. The van der Waals surface area contributed by atoms with Gasteiger partial charge in [0.1, 0.15) is 17.4 Å². The Labute approximate surface area is 171 Å². The topological polar surface area (TPSA) is 45.7 Å². The van der Waals surface area contributed by atoms with E-state index in [4.69, 9.17) is 4.74 Å². The number of piperazine rings is 1. The molecule has 5 nitrogen and oxygen atoms in total. The highest BCUT2D eigenvalue weighted by Gasteiger charge is 2.27. The van der Waals surface area contributed by atoms with Crippen molar-refractivity contribution in [3.63, 3.8) is 0 Å². The largest absolute Gasteiger partial charge is 0.486 e. The van der Waals surface area contributed by atoms with Crippen LogP contribution in [0, 0.1) is 6.92 Å². The number of carbonyl (C=O) groups excluding carboxylic acids is 1. The Hall–Kier alpha value is -1.92. The first-order valence-electron chi connectivity index (χ1n) is 10.4. The molecule has 1 aliphatic heterocycles. The van der Waals surface area contributed by atoms with Gasteiger partial charge in [0.2, 0.25) is 0 Å². The van der Waals surface area contributed by atoms with E-state index in [1.807, 2.05) is 41.5 Å². The zero-order valence-electron chi connectivity index (χ0n) is 16.6. The molecule has 0 spiro atoms. The van der Waals surface area contributed by atoms with Crippen LogP contribution < -0.4 is 4.74 Å². The third-order valence-corrected chi connectivity index (χ3v) is 6.76. The van der Waals surface area contributed by atoms with E-state index in [0.29, 0.717) is 6.61 Å². The molecule has 1 saturated heterocycles. The van der Waals surface area contributed by atoms with Crippen LogP contribution in [0.4, 0.5) is 0 Å². The van der Waals surface area contributed by atoms with Crippen molar-refractivity contribution in [3.8, 4) is 5.75 Å². The van der Waals surface area contributed by atoms with E-state index in [1.54, 1.807) is 11.3 Å². The first kappa shape index (κ1) is 19.4. The molecule has 0 unspecified atom stereocenters. The molecular weight excluding hydrogens is 370 g/mol. The van der Waals surface area contributed by atoms with Crippen molar-refractivity contribution < 1.29 is 9.53 Å². The summed E-state index contributed by atoms with van der Waals surface area (Å²) in [6, 6.07) is 8.25. The minimum Gasteiger partial charge on any atom is -0.486 e. The van der Waals surface area contributed by atoms with Crippen molar-refractivity contribution in [1.82, 2.24) is 14.8 Å². The van der Waals surface area contributed by atoms with Crippen molar-refractivity contribution in [2.75, 3.05) is 26.2 Å². The van der Waals surface area contributed by atoms with Crippen LogP contribution in [0.15, 0.2) is 29.6 Å². The molecule has 1 aromatic carbocycles. The fourth-order valence-corrected chi connectivity index (χ4v) is 4.91. The summed E-state index contributed by atoms with van der Waals surface area (Å²) in [7, 11) is 0. The van der Waals surface area contributed by atoms with Gasteiger partial charge in [-0.25, -0.2) is 4.98 Å². The summed E-state index contributed by atoms with van der Waals surface area (Å²) in [6.07, 6.45) is 6.77. The SMILES string of the molecule is Cc1csc(COc2ccc(C(=O)N3CCN(C4CCCCC4)CC3)cc2)n1. The quantitative estimate of drug-likeness (QED) is 0.759. The smallest absolute Gasteiger partial charge is 0.253 e. The van der Waals surface area contributed by atoms with Crippen molar-refractivity contribution in [3.05, 3.63) is 45.9 Å². The van der Waals surface area contributed by atoms with Gasteiger partial charge in [-0.05, 0) is 44.0 Å². The first-order valence-corrected chi connectivity index (χ1v) is 11.2. The Bertz CT molecular complexity index is 775. The van der Waals surface area contributed by atoms with Gasteiger partial charge in [-0.2, -0.15) is 0 Å². The van der Waals surface area contributed by atoms with Gasteiger partial charge in [0.25, 0.3) is 5.91 Å². The molecule has 28 heavy (non-hydrogen) atoms. The van der Waals surface area contributed by atoms with Gasteiger partial charge in [-0.1, -0.05) is 19.3 Å². The molecule has 2 aliphatic rings. The standard InChI is InChI=1S/C22H29N3O2S/c1-17-16-28-21(23-17)15-27-20-9-7-18(8-10-20)22(26)25-13-11-24(12-14-25)19-5-3-2-4-6-19/h7-10,16,19H,2-6,11-15H2,1H3. The minimum atomic E-state index is 0.130. The van der Waals surface area contributed by atoms with Crippen LogP contribution in [0.3, 0.4) is 0 Å². The summed E-state index contributed by atoms with van der Waals surface area (Å²) in [6.45, 7) is 6.12. The molecule has 0 bridgehead atoms. The number of aryl methyl sites for hydroxylation is 1. The van der Waals surface area contributed by atoms with Crippen LogP contribution in [-0.4, -0.2) is 52.9 Å². The van der Waals surface area contributed by atoms with E-state index in [-0.39, 0.29) is 5.91 Å². The maximum absolute atomic E-state index is 12.8. The molecule has 0 N–H and O–H groups in total. The fourth-order valence-electron chi connectivity index (χ4n) is 4.23. The van der Waals surface area contributed by atoms with Gasteiger partial charge < -0.3 is 9.64 Å². The highest BCUT2D eigenvalue weighted by atomic mass is 32.1. The third-order valence-electron chi connectivity index (χ3n) is 5.82. The second kappa shape index (κ2) is 9.05. The molecule has 2 fully saturated rings. The maximum atomic E-state index is 12.8. The third kappa shape index (κ3) is 4.73. The molecule has 1 saturated carbocycles. The normalized spacial score (nSPS) is 19.0. The Balaban J connectivity index is 1.27. The Morgan fingerprint density at radius 2 is 1.82 bits per heavy atom. The summed E-state index contributed by atoms with van der Waals surface area (Å²) in [5, 5.41) is 2.99. The lowest BCUT2D eigenvalue weighted by molar-refractivity contribution is 0.0523. The molecule has 150 valence electrons. The van der Waals surface area contributed by atoms with Gasteiger partial charge in [-0.3, -0.25) is 9.69 Å². The molecular formula is C22H29N3O2S. The van der Waals surface area contributed by atoms with Gasteiger partial charge >= 0.3 is 0 Å². The number of hydrogen-bond donors (Lipinski definition) is 0. The number of nitrogens with zero attached hydrogens (tertiary/aromatic N) is 3. The van der Waals surface area contributed by atoms with Crippen LogP contribution >= 0.6 is 11.3 Å². The zero-order chi connectivity index (χ0) is 19.3. The van der Waals surface area contributed by atoms with E-state index < -0.39 is 0 Å². The van der Waals surface area contributed by atoms with Crippen LogP contribution in [0.25, 0.3) is 0 Å². The molecule has 4 rings (SSSR count). The fraction of sp³-hybridized carbons (Fsp3) is 0.545. The zero-order valence-corrected chi connectivity index (χ0v) is 17.4. The van der Waals surface area contributed by atoms with Crippen molar-refractivity contribution in [2.24, 2.45) is 0 Å². The van der Waals surface area contributed by atoms with E-state index in [1.165, 1.54) is 32.1 Å². The van der Waals surface area contributed by atoms with Gasteiger partial charge in [0.15, 0.2) is 0 Å². The number of hydrogen-bond acceptors (Lipinski definition) is 5. The summed E-state index contributed by atoms with van der Waals surface area (Å²) in [5.74, 6) is 0.900. The Morgan fingerprint density at radius 1 is 1.11 bits per heavy atom. The Kier molecular flexibility index (Phi) is 6.27. The van der Waals surface area contributed by atoms with Crippen LogP contribution in [0.5, 0.6) is 5.75 Å². The summed E-state index contributed by atoms with van der Waals surface area (Å²) in [5.41, 5.74) is 1.76. The summed E-state index contributed by atoms with van der Waals surface area (Å²) in [4.78, 5) is 21.8. The van der Waals surface area contributed by atoms with E-state index in [2.05, 4.69) is 9.88 Å². The lowest BCUT2D eigenvalue weighted by atomic mass is 9.94. The van der Waals surface area contributed by atoms with Crippen molar-refractivity contribution in [2.45, 2.75) is 51.7 Å². The number of carbonyl (C=O) groups is 1. The molecule has 1 amide bonds. The van der Waals surface area contributed by atoms with Crippen LogP contribution in [0.1, 0.15) is 53.2 Å². The predicted molar refractivity (Wildman–Crippen MR) is 112 cm³/mol. The molecule has 6 heteroatoms. The number of thiazole rings is 1. The molecule has 1 aliphatic carbocycles. The summed E-state index contributed by atoms with van der Waals surface area (Å²) >= 11 is 1.61. The highest BCUT2D eigenvalue weighted by Crippen LogP contribution is 2.24. The second-order valence-corrected chi connectivity index (χ2v) is 8.76.